The van der Waals surface area contributed by atoms with Gasteiger partial charge in [0.15, 0.2) is 0 Å². The zero-order chi connectivity index (χ0) is 14.2. The number of nitrogens with zero attached hydrogens (tertiary/aromatic N) is 1. The Bertz CT molecular complexity index is 561. The molecule has 20 heavy (non-hydrogen) atoms. The Morgan fingerprint density at radius 2 is 2.20 bits per heavy atom. The van der Waals surface area contributed by atoms with Crippen LogP contribution in [0.5, 0.6) is 0 Å². The first-order chi connectivity index (χ1) is 9.77. The Balaban J connectivity index is 2.06. The maximum atomic E-state index is 10.5. The lowest BCUT2D eigenvalue weighted by atomic mass is 10.0. The van der Waals surface area contributed by atoms with Crippen molar-refractivity contribution >= 4 is 22.9 Å². The van der Waals surface area contributed by atoms with E-state index in [1.165, 1.54) is 10.5 Å². The van der Waals surface area contributed by atoms with E-state index >= 15 is 0 Å². The van der Waals surface area contributed by atoms with Crippen LogP contribution in [0.1, 0.15) is 36.1 Å². The molecule has 0 saturated carbocycles. The van der Waals surface area contributed by atoms with Gasteiger partial charge in [-0.25, -0.2) is 0 Å². The molecule has 1 N–H and O–H groups in total. The Morgan fingerprint density at radius 1 is 1.30 bits per heavy atom. The van der Waals surface area contributed by atoms with Crippen LogP contribution in [0.15, 0.2) is 48.1 Å². The van der Waals surface area contributed by atoms with Crippen LogP contribution in [-0.4, -0.2) is 16.1 Å². The number of thiophene rings is 1. The molecule has 0 aliphatic rings. The fourth-order valence-corrected chi connectivity index (χ4v) is 2.77. The van der Waals surface area contributed by atoms with Crippen LogP contribution < -0.4 is 0 Å². The number of carbonyl (C=O) groups is 1. The first kappa shape index (κ1) is 14.5. The molecule has 0 saturated heterocycles. The van der Waals surface area contributed by atoms with Crippen molar-refractivity contribution in [3.63, 3.8) is 0 Å². The molecule has 0 atom stereocenters. The molecule has 0 spiro atoms. The monoisotopic (exact) mass is 287 g/mol. The van der Waals surface area contributed by atoms with E-state index in [9.17, 15) is 4.79 Å². The van der Waals surface area contributed by atoms with E-state index in [2.05, 4.69) is 28.6 Å². The molecule has 2 heterocycles. The molecule has 2 rings (SSSR count). The summed E-state index contributed by atoms with van der Waals surface area (Å²) in [6.07, 6.45) is 8.55. The second kappa shape index (κ2) is 7.60. The van der Waals surface area contributed by atoms with Gasteiger partial charge in [-0.1, -0.05) is 18.2 Å². The highest BCUT2D eigenvalue weighted by Gasteiger charge is 2.05. The number of aromatic nitrogens is 1. The van der Waals surface area contributed by atoms with Gasteiger partial charge in [0, 0.05) is 29.3 Å². The van der Waals surface area contributed by atoms with E-state index in [0.29, 0.717) is 0 Å². The van der Waals surface area contributed by atoms with Gasteiger partial charge >= 0.3 is 5.97 Å². The topological polar surface area (TPSA) is 50.2 Å². The van der Waals surface area contributed by atoms with Gasteiger partial charge in [0.05, 0.1) is 0 Å². The number of carboxylic acid groups (broad SMARTS) is 1. The lowest BCUT2D eigenvalue weighted by molar-refractivity contribution is -0.137. The molecule has 0 radical (unpaired) electrons. The Morgan fingerprint density at radius 3 is 2.85 bits per heavy atom. The molecule has 0 fully saturated rings. The van der Waals surface area contributed by atoms with Gasteiger partial charge in [0.25, 0.3) is 0 Å². The standard InChI is InChI=1S/C16H17NO2S/c18-16(19)9-3-1-2-7-14(15-8-5-11-20-15)13-6-4-10-17-12-13/h4-8,10-12H,1-3,9H2,(H,18,19)/b14-7-. The maximum absolute atomic E-state index is 10.5. The quantitative estimate of drug-likeness (QED) is 0.776. The van der Waals surface area contributed by atoms with Crippen LogP contribution in [0, 0.1) is 0 Å². The van der Waals surface area contributed by atoms with Crippen LogP contribution >= 0.6 is 11.3 Å². The molecule has 0 bridgehead atoms. The predicted octanol–water partition coefficient (Wildman–Crippen LogP) is 4.22. The second-order valence-electron chi connectivity index (χ2n) is 4.48. The predicted molar refractivity (Wildman–Crippen MR) is 81.7 cm³/mol. The number of hydrogen-bond donors (Lipinski definition) is 1. The average molecular weight is 287 g/mol. The van der Waals surface area contributed by atoms with Crippen molar-refractivity contribution in [2.75, 3.05) is 0 Å². The molecule has 4 heteroatoms. The van der Waals surface area contributed by atoms with Crippen molar-refractivity contribution in [2.45, 2.75) is 25.7 Å². The van der Waals surface area contributed by atoms with Crippen molar-refractivity contribution in [3.05, 3.63) is 58.6 Å². The van der Waals surface area contributed by atoms with Crippen molar-refractivity contribution in [2.24, 2.45) is 0 Å². The minimum absolute atomic E-state index is 0.245. The van der Waals surface area contributed by atoms with E-state index in [1.807, 2.05) is 18.3 Å². The number of pyridine rings is 1. The average Bonchev–Trinajstić information content (AvgIpc) is 2.97. The molecule has 104 valence electrons. The Labute approximate surface area is 122 Å². The summed E-state index contributed by atoms with van der Waals surface area (Å²) in [4.78, 5) is 15.9. The lowest BCUT2D eigenvalue weighted by Crippen LogP contribution is -1.93. The summed E-state index contributed by atoms with van der Waals surface area (Å²) in [5, 5.41) is 10.7. The molecule has 2 aromatic rings. The molecule has 0 unspecified atom stereocenters. The van der Waals surface area contributed by atoms with Gasteiger partial charge in [-0.05, 0) is 42.3 Å². The number of carboxylic acids is 1. The van der Waals surface area contributed by atoms with Crippen molar-refractivity contribution in [1.29, 1.82) is 0 Å². The fourth-order valence-electron chi connectivity index (χ4n) is 1.98. The van der Waals surface area contributed by atoms with E-state index in [0.717, 1.165) is 24.8 Å². The number of aliphatic carboxylic acids is 1. The highest BCUT2D eigenvalue weighted by Crippen LogP contribution is 2.27. The maximum Gasteiger partial charge on any atom is 0.303 e. The summed E-state index contributed by atoms with van der Waals surface area (Å²) in [5.74, 6) is -0.722. The highest BCUT2D eigenvalue weighted by molar-refractivity contribution is 7.11. The van der Waals surface area contributed by atoms with Crippen LogP contribution in [0.3, 0.4) is 0 Å². The first-order valence-corrected chi connectivity index (χ1v) is 7.51. The summed E-state index contributed by atoms with van der Waals surface area (Å²) in [7, 11) is 0. The molecule has 0 aliphatic heterocycles. The lowest BCUT2D eigenvalue weighted by Gasteiger charge is -2.05. The summed E-state index contributed by atoms with van der Waals surface area (Å²) in [6.45, 7) is 0. The molecule has 2 aromatic heterocycles. The number of hydrogen-bond acceptors (Lipinski definition) is 3. The van der Waals surface area contributed by atoms with Crippen LogP contribution in [-0.2, 0) is 4.79 Å². The minimum Gasteiger partial charge on any atom is -0.481 e. The zero-order valence-electron chi connectivity index (χ0n) is 11.2. The van der Waals surface area contributed by atoms with Gasteiger partial charge < -0.3 is 5.11 Å². The van der Waals surface area contributed by atoms with Gasteiger partial charge in [-0.2, -0.15) is 0 Å². The van der Waals surface area contributed by atoms with Crippen molar-refractivity contribution in [1.82, 2.24) is 4.98 Å². The molecule has 3 nitrogen and oxygen atoms in total. The van der Waals surface area contributed by atoms with Gasteiger partial charge in [0.2, 0.25) is 0 Å². The van der Waals surface area contributed by atoms with E-state index in [-0.39, 0.29) is 6.42 Å². The highest BCUT2D eigenvalue weighted by atomic mass is 32.1. The van der Waals surface area contributed by atoms with E-state index in [4.69, 9.17) is 5.11 Å². The van der Waals surface area contributed by atoms with Crippen LogP contribution in [0.25, 0.3) is 5.57 Å². The fraction of sp³-hybridized carbons (Fsp3) is 0.250. The van der Waals surface area contributed by atoms with Gasteiger partial charge in [0.1, 0.15) is 0 Å². The molecular formula is C16H17NO2S. The molecule has 0 aliphatic carbocycles. The number of unbranched alkanes of at least 4 members (excludes halogenated alkanes) is 2. The molecule has 0 aromatic carbocycles. The van der Waals surface area contributed by atoms with Gasteiger partial charge in [-0.3, -0.25) is 9.78 Å². The number of rotatable bonds is 7. The minimum atomic E-state index is -0.722. The largest absolute Gasteiger partial charge is 0.481 e. The Hall–Kier alpha value is -1.94. The van der Waals surface area contributed by atoms with E-state index in [1.54, 1.807) is 17.5 Å². The SMILES string of the molecule is O=C(O)CCCC/C=C(/c1cccnc1)c1cccs1. The zero-order valence-corrected chi connectivity index (χ0v) is 12.0. The van der Waals surface area contributed by atoms with Crippen LogP contribution in [0.4, 0.5) is 0 Å². The second-order valence-corrected chi connectivity index (χ2v) is 5.42. The first-order valence-electron chi connectivity index (χ1n) is 6.63. The summed E-state index contributed by atoms with van der Waals surface area (Å²) in [6, 6.07) is 8.12. The van der Waals surface area contributed by atoms with Crippen molar-refractivity contribution < 1.29 is 9.90 Å². The number of allylic oxidation sites excluding steroid dienone is 1. The third-order valence-corrected chi connectivity index (χ3v) is 3.86. The van der Waals surface area contributed by atoms with E-state index < -0.39 is 5.97 Å². The summed E-state index contributed by atoms with van der Waals surface area (Å²) in [5.41, 5.74) is 2.29. The Kier molecular flexibility index (Phi) is 5.50. The van der Waals surface area contributed by atoms with Gasteiger partial charge in [-0.15, -0.1) is 11.3 Å². The smallest absolute Gasteiger partial charge is 0.303 e. The van der Waals surface area contributed by atoms with Crippen molar-refractivity contribution in [3.8, 4) is 0 Å². The molecular weight excluding hydrogens is 270 g/mol. The van der Waals surface area contributed by atoms with Crippen LogP contribution in [0.2, 0.25) is 0 Å². The third kappa shape index (κ3) is 4.31. The molecule has 0 amide bonds. The summed E-state index contributed by atoms with van der Waals surface area (Å²) < 4.78 is 0. The normalized spacial score (nSPS) is 11.5. The third-order valence-electron chi connectivity index (χ3n) is 2.95. The summed E-state index contributed by atoms with van der Waals surface area (Å²) >= 11 is 1.70.